The Labute approximate surface area is 192 Å². The molecule has 2 amide bonds. The molecule has 12 heteroatoms. The summed E-state index contributed by atoms with van der Waals surface area (Å²) in [4.78, 5) is 36.3. The van der Waals surface area contributed by atoms with Gasteiger partial charge < -0.3 is 4.42 Å². The predicted octanol–water partition coefficient (Wildman–Crippen LogP) is 6.77. The summed E-state index contributed by atoms with van der Waals surface area (Å²) in [6.07, 6.45) is -3.53. The first kappa shape index (κ1) is 22.6. The largest absolute Gasteiger partial charge is 0.456 e. The van der Waals surface area contributed by atoms with Crippen molar-refractivity contribution in [1.82, 2.24) is 0 Å². The molecule has 0 N–H and O–H groups in total. The minimum Gasteiger partial charge on any atom is -0.456 e. The van der Waals surface area contributed by atoms with E-state index in [1.165, 1.54) is 36.4 Å². The number of hydrogen-bond donors (Lipinski definition) is 0. The molecule has 2 aromatic carbocycles. The van der Waals surface area contributed by atoms with Crippen LogP contribution < -0.4 is 4.90 Å². The van der Waals surface area contributed by atoms with Gasteiger partial charge in [-0.3, -0.25) is 19.7 Å². The highest BCUT2D eigenvalue weighted by Gasteiger charge is 2.39. The van der Waals surface area contributed by atoms with Gasteiger partial charge in [-0.15, -0.1) is 0 Å². The summed E-state index contributed by atoms with van der Waals surface area (Å²) in [5.41, 5.74) is -1.42. The third kappa shape index (κ3) is 4.37. The van der Waals surface area contributed by atoms with Crippen molar-refractivity contribution in [3.63, 3.8) is 0 Å². The maximum Gasteiger partial charge on any atom is 0.417 e. The van der Waals surface area contributed by atoms with E-state index in [1.807, 2.05) is 0 Å². The van der Waals surface area contributed by atoms with Gasteiger partial charge in [0, 0.05) is 12.1 Å². The number of hydrogen-bond acceptors (Lipinski definition) is 6. The molecule has 0 spiro atoms. The Morgan fingerprint density at radius 1 is 1.09 bits per heavy atom. The minimum absolute atomic E-state index is 0.0908. The Morgan fingerprint density at radius 2 is 1.82 bits per heavy atom. The van der Waals surface area contributed by atoms with Crippen molar-refractivity contribution in [3.05, 3.63) is 86.0 Å². The van der Waals surface area contributed by atoms with Crippen LogP contribution in [0.25, 0.3) is 17.4 Å². The molecule has 7 nitrogen and oxygen atoms in total. The number of imide groups is 1. The molecular weight excluding hydrogens is 485 g/mol. The number of alkyl halides is 3. The van der Waals surface area contributed by atoms with E-state index < -0.39 is 32.8 Å². The van der Waals surface area contributed by atoms with Gasteiger partial charge in [-0.1, -0.05) is 23.7 Å². The van der Waals surface area contributed by atoms with Crippen LogP contribution in [0.4, 0.5) is 29.3 Å². The molecular formula is C21H10ClF3N2O5S. The second kappa shape index (κ2) is 8.41. The van der Waals surface area contributed by atoms with Crippen molar-refractivity contribution >= 4 is 52.0 Å². The fraction of sp³-hybridized carbons (Fsp3) is 0.0476. The van der Waals surface area contributed by atoms with Gasteiger partial charge in [0.15, 0.2) is 0 Å². The minimum atomic E-state index is -4.77. The standard InChI is InChI=1S/C21H10ClF3N2O5S/c22-15-7-5-11(9-14(15)21(23,24)25)26-19(28)18(33-20(26)29)10-12-6-8-17(32-12)13-3-1-2-4-16(13)27(30)31/h1-10H/b18-10+. The molecule has 0 saturated carbocycles. The van der Waals surface area contributed by atoms with Crippen molar-refractivity contribution in [2.45, 2.75) is 6.18 Å². The zero-order valence-electron chi connectivity index (χ0n) is 16.1. The first-order valence-electron chi connectivity index (χ1n) is 9.04. The average Bonchev–Trinajstić information content (AvgIpc) is 3.32. The lowest BCUT2D eigenvalue weighted by Gasteiger charge is -2.16. The molecule has 1 aliphatic heterocycles. The van der Waals surface area contributed by atoms with E-state index in [2.05, 4.69) is 0 Å². The number of nitro groups is 1. The summed E-state index contributed by atoms with van der Waals surface area (Å²) in [5, 5.41) is 9.86. The van der Waals surface area contributed by atoms with Crippen molar-refractivity contribution in [2.24, 2.45) is 0 Å². The first-order chi connectivity index (χ1) is 15.6. The van der Waals surface area contributed by atoms with Gasteiger partial charge in [-0.05, 0) is 48.2 Å². The Bertz CT molecular complexity index is 1340. The number of rotatable bonds is 4. The van der Waals surface area contributed by atoms with Gasteiger partial charge in [-0.2, -0.15) is 13.2 Å². The molecule has 1 aromatic heterocycles. The summed E-state index contributed by atoms with van der Waals surface area (Å²) in [6.45, 7) is 0. The first-order valence-corrected chi connectivity index (χ1v) is 10.2. The molecule has 1 saturated heterocycles. The number of amides is 2. The van der Waals surface area contributed by atoms with E-state index >= 15 is 0 Å². The number of halogens is 4. The van der Waals surface area contributed by atoms with E-state index in [0.717, 1.165) is 12.1 Å². The molecule has 1 aliphatic rings. The third-order valence-electron chi connectivity index (χ3n) is 4.57. The molecule has 0 radical (unpaired) electrons. The smallest absolute Gasteiger partial charge is 0.417 e. The molecule has 0 bridgehead atoms. The Balaban J connectivity index is 1.65. The summed E-state index contributed by atoms with van der Waals surface area (Å²) in [5.74, 6) is -0.551. The van der Waals surface area contributed by atoms with Crippen LogP contribution in [0.2, 0.25) is 5.02 Å². The topological polar surface area (TPSA) is 93.7 Å². The number of para-hydroxylation sites is 1. The van der Waals surface area contributed by atoms with Crippen LogP contribution in [-0.4, -0.2) is 16.1 Å². The van der Waals surface area contributed by atoms with Crippen LogP contribution in [-0.2, 0) is 11.0 Å². The van der Waals surface area contributed by atoms with Crippen molar-refractivity contribution in [1.29, 1.82) is 0 Å². The second-order valence-electron chi connectivity index (χ2n) is 6.66. The Kier molecular flexibility index (Phi) is 5.76. The molecule has 0 unspecified atom stereocenters. The number of carbonyl (C=O) groups excluding carboxylic acids is 2. The summed E-state index contributed by atoms with van der Waals surface area (Å²) < 4.78 is 45.0. The van der Waals surface area contributed by atoms with E-state index in [0.29, 0.717) is 22.7 Å². The fourth-order valence-electron chi connectivity index (χ4n) is 3.11. The number of thioether (sulfide) groups is 1. The van der Waals surface area contributed by atoms with Gasteiger partial charge in [0.1, 0.15) is 11.5 Å². The van der Waals surface area contributed by atoms with Gasteiger partial charge in [-0.25, -0.2) is 4.90 Å². The maximum atomic E-state index is 13.2. The number of benzene rings is 2. The van der Waals surface area contributed by atoms with Crippen LogP contribution in [0, 0.1) is 10.1 Å². The molecule has 4 rings (SSSR count). The lowest BCUT2D eigenvalue weighted by Crippen LogP contribution is -2.28. The maximum absolute atomic E-state index is 13.2. The van der Waals surface area contributed by atoms with Gasteiger partial charge in [0.05, 0.1) is 31.7 Å². The number of anilines is 1. The predicted molar refractivity (Wildman–Crippen MR) is 116 cm³/mol. The number of carbonyl (C=O) groups is 2. The van der Waals surface area contributed by atoms with E-state index in [9.17, 15) is 32.9 Å². The van der Waals surface area contributed by atoms with Crippen LogP contribution >= 0.6 is 23.4 Å². The lowest BCUT2D eigenvalue weighted by atomic mass is 10.1. The molecule has 0 atom stereocenters. The zero-order chi connectivity index (χ0) is 23.9. The number of furan rings is 1. The molecule has 168 valence electrons. The van der Waals surface area contributed by atoms with Gasteiger partial charge >= 0.3 is 6.18 Å². The van der Waals surface area contributed by atoms with Crippen molar-refractivity contribution < 1.29 is 32.1 Å². The fourth-order valence-corrected chi connectivity index (χ4v) is 4.15. The van der Waals surface area contributed by atoms with Gasteiger partial charge in [0.25, 0.3) is 16.8 Å². The second-order valence-corrected chi connectivity index (χ2v) is 8.06. The molecule has 3 aromatic rings. The average molecular weight is 495 g/mol. The van der Waals surface area contributed by atoms with E-state index in [4.69, 9.17) is 16.0 Å². The van der Waals surface area contributed by atoms with Crippen molar-refractivity contribution in [2.75, 3.05) is 4.90 Å². The van der Waals surface area contributed by atoms with E-state index in [-0.39, 0.29) is 33.4 Å². The Morgan fingerprint density at radius 3 is 2.52 bits per heavy atom. The summed E-state index contributed by atoms with van der Waals surface area (Å²) in [6, 6.07) is 11.5. The quantitative estimate of drug-likeness (QED) is 0.226. The van der Waals surface area contributed by atoms with Crippen molar-refractivity contribution in [3.8, 4) is 11.3 Å². The highest BCUT2D eigenvalue weighted by molar-refractivity contribution is 8.19. The van der Waals surface area contributed by atoms with Crippen LogP contribution in [0.3, 0.4) is 0 Å². The normalized spacial score (nSPS) is 15.5. The molecule has 33 heavy (non-hydrogen) atoms. The number of nitro benzene ring substituents is 1. The highest BCUT2D eigenvalue weighted by atomic mass is 35.5. The monoisotopic (exact) mass is 494 g/mol. The SMILES string of the molecule is O=C1S/C(=C/c2ccc(-c3ccccc3[N+](=O)[O-])o2)C(=O)N1c1ccc(Cl)c(C(F)(F)F)c1. The Hall–Kier alpha value is -3.57. The van der Waals surface area contributed by atoms with E-state index in [1.54, 1.807) is 6.07 Å². The lowest BCUT2D eigenvalue weighted by molar-refractivity contribution is -0.384. The van der Waals surface area contributed by atoms with Crippen LogP contribution in [0.15, 0.2) is 63.9 Å². The van der Waals surface area contributed by atoms with Crippen LogP contribution in [0.1, 0.15) is 11.3 Å². The highest BCUT2D eigenvalue weighted by Crippen LogP contribution is 2.41. The summed E-state index contributed by atoms with van der Waals surface area (Å²) in [7, 11) is 0. The third-order valence-corrected chi connectivity index (χ3v) is 5.77. The summed E-state index contributed by atoms with van der Waals surface area (Å²) >= 11 is 6.12. The number of nitrogens with zero attached hydrogens (tertiary/aromatic N) is 2. The molecule has 2 heterocycles. The van der Waals surface area contributed by atoms with Crippen LogP contribution in [0.5, 0.6) is 0 Å². The molecule has 1 fully saturated rings. The van der Waals surface area contributed by atoms with Gasteiger partial charge in [0.2, 0.25) is 0 Å². The zero-order valence-corrected chi connectivity index (χ0v) is 17.7. The molecule has 0 aliphatic carbocycles.